The van der Waals surface area contributed by atoms with Crippen molar-refractivity contribution in [2.24, 2.45) is 5.41 Å². The van der Waals surface area contributed by atoms with Gasteiger partial charge in [0.2, 0.25) is 5.91 Å². The highest BCUT2D eigenvalue weighted by atomic mass is 16.2. The van der Waals surface area contributed by atoms with E-state index in [1.165, 1.54) is 0 Å². The Morgan fingerprint density at radius 2 is 1.94 bits per heavy atom. The molecule has 2 aliphatic rings. The number of carbonyl (C=O) groups excluding carboxylic acids is 2. The number of likely N-dealkylation sites (tertiary alicyclic amines) is 1. The van der Waals surface area contributed by atoms with Gasteiger partial charge in [-0.1, -0.05) is 6.92 Å². The van der Waals surface area contributed by atoms with Crippen molar-refractivity contribution >= 4 is 11.9 Å². The van der Waals surface area contributed by atoms with Crippen LogP contribution in [-0.4, -0.2) is 55.0 Å². The molecule has 2 saturated heterocycles. The van der Waals surface area contributed by atoms with Crippen LogP contribution in [0, 0.1) is 5.41 Å². The highest BCUT2D eigenvalue weighted by Crippen LogP contribution is 2.31. The molecular formula is C11H19N3O2. The van der Waals surface area contributed by atoms with Gasteiger partial charge in [0.15, 0.2) is 0 Å². The zero-order valence-electron chi connectivity index (χ0n) is 9.95. The first-order chi connectivity index (χ1) is 7.48. The smallest absolute Gasteiger partial charge is 0.315 e. The molecule has 0 radical (unpaired) electrons. The van der Waals surface area contributed by atoms with Gasteiger partial charge in [-0.25, -0.2) is 4.79 Å². The number of imide groups is 1. The molecule has 0 unspecified atom stereocenters. The fraction of sp³-hybridized carbons (Fsp3) is 0.818. The summed E-state index contributed by atoms with van der Waals surface area (Å²) in [5.41, 5.74) is 0.161. The lowest BCUT2D eigenvalue weighted by molar-refractivity contribution is -0.118. The molecule has 90 valence electrons. The monoisotopic (exact) mass is 225 g/mol. The van der Waals surface area contributed by atoms with Crippen LogP contribution in [0.2, 0.25) is 0 Å². The van der Waals surface area contributed by atoms with Gasteiger partial charge in [-0.2, -0.15) is 0 Å². The Balaban J connectivity index is 1.93. The highest BCUT2D eigenvalue weighted by molar-refractivity contribution is 6.01. The van der Waals surface area contributed by atoms with E-state index in [-0.39, 0.29) is 23.9 Å². The second-order valence-electron chi connectivity index (χ2n) is 5.32. The van der Waals surface area contributed by atoms with Gasteiger partial charge in [-0.05, 0) is 38.4 Å². The number of nitrogens with zero attached hydrogens (tertiary/aromatic N) is 2. The molecule has 2 heterocycles. The Morgan fingerprint density at radius 1 is 1.31 bits per heavy atom. The van der Waals surface area contributed by atoms with Crippen LogP contribution in [0.4, 0.5) is 4.79 Å². The van der Waals surface area contributed by atoms with Crippen LogP contribution in [0.25, 0.3) is 0 Å². The van der Waals surface area contributed by atoms with Crippen LogP contribution in [0.15, 0.2) is 0 Å². The maximum atomic E-state index is 11.4. The fourth-order valence-electron chi connectivity index (χ4n) is 2.39. The first kappa shape index (κ1) is 11.4. The van der Waals surface area contributed by atoms with Crippen LogP contribution < -0.4 is 5.32 Å². The second kappa shape index (κ2) is 4.05. The predicted molar refractivity (Wildman–Crippen MR) is 59.9 cm³/mol. The van der Waals surface area contributed by atoms with E-state index < -0.39 is 0 Å². The molecule has 16 heavy (non-hydrogen) atoms. The third-order valence-electron chi connectivity index (χ3n) is 3.63. The number of nitrogens with one attached hydrogen (secondary N) is 1. The summed E-state index contributed by atoms with van der Waals surface area (Å²) >= 11 is 0. The fourth-order valence-corrected chi connectivity index (χ4v) is 2.39. The van der Waals surface area contributed by atoms with Gasteiger partial charge in [0.25, 0.3) is 0 Å². The van der Waals surface area contributed by atoms with E-state index in [9.17, 15) is 9.59 Å². The third-order valence-corrected chi connectivity index (χ3v) is 3.63. The zero-order valence-corrected chi connectivity index (χ0v) is 9.95. The van der Waals surface area contributed by atoms with Crippen molar-refractivity contribution in [3.8, 4) is 0 Å². The number of hydrogen-bond acceptors (Lipinski definition) is 3. The van der Waals surface area contributed by atoms with E-state index >= 15 is 0 Å². The van der Waals surface area contributed by atoms with Crippen LogP contribution in [0.5, 0.6) is 0 Å². The largest absolute Gasteiger partial charge is 0.324 e. The molecule has 0 aromatic heterocycles. The second-order valence-corrected chi connectivity index (χ2v) is 5.32. The lowest BCUT2D eigenvalue weighted by atomic mass is 9.80. The number of carbonyl (C=O) groups is 2. The Kier molecular flexibility index (Phi) is 2.88. The molecular weight excluding hydrogens is 206 g/mol. The predicted octanol–water partition coefficient (Wildman–Crippen LogP) is 0.270. The number of hydrogen-bond donors (Lipinski definition) is 1. The van der Waals surface area contributed by atoms with E-state index in [2.05, 4.69) is 24.2 Å². The summed E-state index contributed by atoms with van der Waals surface area (Å²) in [5, 5.41) is 2.32. The molecule has 0 atom stereocenters. The van der Waals surface area contributed by atoms with E-state index in [1.54, 1.807) is 4.90 Å². The summed E-state index contributed by atoms with van der Waals surface area (Å²) in [5.74, 6) is -0.179. The summed E-state index contributed by atoms with van der Waals surface area (Å²) in [7, 11) is 2.12. The average Bonchev–Trinajstić information content (AvgIpc) is 2.51. The normalized spacial score (nSPS) is 26.0. The first-order valence-electron chi connectivity index (χ1n) is 5.76. The number of piperidine rings is 1. The van der Waals surface area contributed by atoms with Gasteiger partial charge in [0.05, 0.1) is 0 Å². The van der Waals surface area contributed by atoms with Crippen LogP contribution in [0.3, 0.4) is 0 Å². The molecule has 3 amide bonds. The lowest BCUT2D eigenvalue weighted by Crippen LogP contribution is -2.44. The summed E-state index contributed by atoms with van der Waals surface area (Å²) in [6, 6.07) is -0.231. The molecule has 2 fully saturated rings. The number of urea groups is 1. The van der Waals surface area contributed by atoms with E-state index in [4.69, 9.17) is 0 Å². The van der Waals surface area contributed by atoms with Crippen LogP contribution in [-0.2, 0) is 4.79 Å². The van der Waals surface area contributed by atoms with E-state index in [1.807, 2.05) is 0 Å². The maximum absolute atomic E-state index is 11.4. The van der Waals surface area contributed by atoms with Gasteiger partial charge in [0, 0.05) is 6.54 Å². The van der Waals surface area contributed by atoms with Crippen molar-refractivity contribution in [2.75, 3.05) is 33.2 Å². The molecule has 0 saturated carbocycles. The van der Waals surface area contributed by atoms with Crippen molar-refractivity contribution in [2.45, 2.75) is 19.8 Å². The Labute approximate surface area is 95.8 Å². The maximum Gasteiger partial charge on any atom is 0.324 e. The highest BCUT2D eigenvalue weighted by Gasteiger charge is 2.35. The summed E-state index contributed by atoms with van der Waals surface area (Å²) in [6.07, 6.45) is 2.17. The summed E-state index contributed by atoms with van der Waals surface area (Å²) in [4.78, 5) is 26.5. The Hall–Kier alpha value is -1.10. The summed E-state index contributed by atoms with van der Waals surface area (Å²) < 4.78 is 0. The van der Waals surface area contributed by atoms with Gasteiger partial charge in [-0.15, -0.1) is 0 Å². The van der Waals surface area contributed by atoms with Crippen molar-refractivity contribution < 1.29 is 9.59 Å². The number of rotatable bonds is 2. The van der Waals surface area contributed by atoms with Crippen LogP contribution >= 0.6 is 0 Å². The van der Waals surface area contributed by atoms with E-state index in [0.29, 0.717) is 6.54 Å². The van der Waals surface area contributed by atoms with Gasteiger partial charge in [-0.3, -0.25) is 10.1 Å². The van der Waals surface area contributed by atoms with Gasteiger partial charge >= 0.3 is 6.03 Å². The summed E-state index contributed by atoms with van der Waals surface area (Å²) in [6.45, 7) is 5.26. The van der Waals surface area contributed by atoms with Crippen molar-refractivity contribution in [3.63, 3.8) is 0 Å². The molecule has 0 aromatic rings. The average molecular weight is 225 g/mol. The molecule has 0 bridgehead atoms. The standard InChI is InChI=1S/C11H19N3O2/c1-11(3-5-13(2)6-4-11)8-14-7-9(15)12-10(14)16/h3-8H2,1-2H3,(H,12,15,16). The molecule has 2 aliphatic heterocycles. The minimum absolute atomic E-state index is 0.161. The molecule has 5 heteroatoms. The minimum atomic E-state index is -0.231. The molecule has 0 aromatic carbocycles. The Bertz CT molecular complexity index is 308. The Morgan fingerprint density at radius 3 is 2.44 bits per heavy atom. The van der Waals surface area contributed by atoms with Crippen molar-refractivity contribution in [3.05, 3.63) is 0 Å². The first-order valence-corrected chi connectivity index (χ1v) is 5.76. The van der Waals surface area contributed by atoms with E-state index in [0.717, 1.165) is 25.9 Å². The third kappa shape index (κ3) is 2.35. The van der Waals surface area contributed by atoms with Gasteiger partial charge < -0.3 is 9.80 Å². The quantitative estimate of drug-likeness (QED) is 0.686. The topological polar surface area (TPSA) is 52.6 Å². The van der Waals surface area contributed by atoms with Crippen molar-refractivity contribution in [1.29, 1.82) is 0 Å². The minimum Gasteiger partial charge on any atom is -0.315 e. The van der Waals surface area contributed by atoms with Gasteiger partial charge in [0.1, 0.15) is 6.54 Å². The SMILES string of the molecule is CN1CCC(C)(CN2CC(=O)NC2=O)CC1. The lowest BCUT2D eigenvalue weighted by Gasteiger charge is -2.39. The zero-order chi connectivity index (χ0) is 11.8. The number of amides is 3. The molecule has 5 nitrogen and oxygen atoms in total. The van der Waals surface area contributed by atoms with Crippen molar-refractivity contribution in [1.82, 2.24) is 15.1 Å². The van der Waals surface area contributed by atoms with Crippen LogP contribution in [0.1, 0.15) is 19.8 Å². The molecule has 1 N–H and O–H groups in total. The molecule has 0 aliphatic carbocycles. The molecule has 2 rings (SSSR count). The molecule has 0 spiro atoms.